The minimum absolute atomic E-state index is 0.263. The fourth-order valence-electron chi connectivity index (χ4n) is 8.78. The van der Waals surface area contributed by atoms with E-state index in [2.05, 4.69) is 67.1 Å². The van der Waals surface area contributed by atoms with Gasteiger partial charge in [0.05, 0.1) is 42.1 Å². The molecule has 2 aromatic rings. The summed E-state index contributed by atoms with van der Waals surface area (Å²) in [4.78, 5) is 1.32. The van der Waals surface area contributed by atoms with E-state index in [1.165, 1.54) is 62.8 Å². The Morgan fingerprint density at radius 2 is 1.64 bits per heavy atom. The first-order chi connectivity index (χ1) is 22.7. The molecule has 0 aliphatic carbocycles. The van der Waals surface area contributed by atoms with Crippen LogP contribution in [0.1, 0.15) is 127 Å². The van der Waals surface area contributed by atoms with Gasteiger partial charge in [-0.2, -0.15) is 0 Å². The van der Waals surface area contributed by atoms with Crippen LogP contribution in [0.4, 0.5) is 5.69 Å². The maximum absolute atomic E-state index is 14.5. The van der Waals surface area contributed by atoms with Crippen molar-refractivity contribution in [1.29, 1.82) is 0 Å². The molecule has 4 heterocycles. The summed E-state index contributed by atoms with van der Waals surface area (Å²) in [6, 6.07) is 14.2. The highest BCUT2D eigenvalue weighted by Crippen LogP contribution is 2.42. The van der Waals surface area contributed by atoms with Crippen LogP contribution < -0.4 is 16.0 Å². The minimum Gasteiger partial charge on any atom is -0.350 e. The molecule has 8 heteroatoms. The molecule has 6 rings (SSSR count). The van der Waals surface area contributed by atoms with Gasteiger partial charge >= 0.3 is 0 Å². The number of fused-ring (bicyclic) bond motifs is 4. The fourth-order valence-corrected chi connectivity index (χ4v) is 11.3. The highest BCUT2D eigenvalue weighted by atomic mass is 32.2. The monoisotopic (exact) mass is 681 g/mol. The number of aryl methyl sites for hydroxylation is 1. The van der Waals surface area contributed by atoms with Crippen molar-refractivity contribution in [3.63, 3.8) is 0 Å². The first-order valence-corrected chi connectivity index (χ1v) is 20.7. The van der Waals surface area contributed by atoms with Crippen LogP contribution in [0.15, 0.2) is 47.4 Å². The number of benzene rings is 2. The van der Waals surface area contributed by atoms with Crippen molar-refractivity contribution < 1.29 is 12.9 Å². The molecular weight excluding hydrogens is 621 g/mol. The third kappa shape index (κ3) is 8.31. The van der Waals surface area contributed by atoms with Crippen LogP contribution in [-0.4, -0.2) is 62.0 Å². The molecular formula is C39H61N4O2S2+. The number of likely N-dealkylation sites (N-methyl/N-ethyl adjacent to an activating group) is 1. The summed E-state index contributed by atoms with van der Waals surface area (Å²) < 4.78 is 30.4. The molecule has 6 nitrogen and oxygen atoms in total. The second kappa shape index (κ2) is 16.2. The molecule has 0 spiro atoms. The zero-order valence-corrected chi connectivity index (χ0v) is 31.2. The second-order valence-corrected chi connectivity index (χ2v) is 17.3. The van der Waals surface area contributed by atoms with Gasteiger partial charge < -0.3 is 15.1 Å². The Kier molecular flexibility index (Phi) is 12.6. The smallest absolute Gasteiger partial charge is 0.196 e. The quantitative estimate of drug-likeness (QED) is 0.0941. The summed E-state index contributed by atoms with van der Waals surface area (Å²) in [6.45, 7) is 12.0. The largest absolute Gasteiger partial charge is 0.350 e. The molecule has 2 unspecified atom stereocenters. The predicted molar refractivity (Wildman–Crippen MR) is 201 cm³/mol. The number of unbranched alkanes of at least 4 members (excludes halogenated alkanes) is 4. The van der Waals surface area contributed by atoms with Crippen LogP contribution in [0.25, 0.3) is 0 Å². The number of hydrogen-bond acceptors (Lipinski definition) is 5. The number of quaternary nitrogens is 1. The van der Waals surface area contributed by atoms with E-state index >= 15 is 0 Å². The van der Waals surface area contributed by atoms with Crippen LogP contribution in [0.2, 0.25) is 0 Å². The average molecular weight is 682 g/mol. The van der Waals surface area contributed by atoms with Crippen LogP contribution in [0.5, 0.6) is 0 Å². The standard InChI is InChI=1S/C39H60N4O2S2/c1-5-8-22-39(23-9-6-2)38(40-4)47(44,45)35-18-17-30(7-3)28-34(35)37(42-39)32-14-13-15-33(29-32)41-36(46)16-11-10-12-24-43-25-19-31(20-26-43)21-27-43/h13-15,17-18,28-29,31,37-38,40,42H,5-12,16,19-27H2,1-4H3/p+1. The van der Waals surface area contributed by atoms with Crippen molar-refractivity contribution in [2.75, 3.05) is 38.5 Å². The Morgan fingerprint density at radius 3 is 2.28 bits per heavy atom. The number of thiocarbonyl (C=S) groups is 1. The first-order valence-electron chi connectivity index (χ1n) is 18.8. The van der Waals surface area contributed by atoms with Gasteiger partial charge in [-0.1, -0.05) is 82.9 Å². The van der Waals surface area contributed by atoms with Gasteiger partial charge in [0, 0.05) is 11.2 Å². The van der Waals surface area contributed by atoms with Crippen molar-refractivity contribution in [2.24, 2.45) is 5.92 Å². The van der Waals surface area contributed by atoms with E-state index in [0.29, 0.717) is 4.90 Å². The molecule has 47 heavy (non-hydrogen) atoms. The molecule has 4 aliphatic heterocycles. The van der Waals surface area contributed by atoms with Crippen LogP contribution >= 0.6 is 12.2 Å². The van der Waals surface area contributed by atoms with Crippen molar-refractivity contribution in [3.8, 4) is 0 Å². The molecule has 0 radical (unpaired) electrons. The Balaban J connectivity index is 1.35. The summed E-state index contributed by atoms with van der Waals surface area (Å²) in [7, 11) is -1.86. The van der Waals surface area contributed by atoms with Crippen molar-refractivity contribution in [2.45, 2.75) is 133 Å². The van der Waals surface area contributed by atoms with E-state index in [0.717, 1.165) is 91.1 Å². The number of nitrogens with zero attached hydrogens (tertiary/aromatic N) is 1. The van der Waals surface area contributed by atoms with E-state index in [9.17, 15) is 8.42 Å². The van der Waals surface area contributed by atoms with Gasteiger partial charge in [0.1, 0.15) is 5.37 Å². The molecule has 0 amide bonds. The van der Waals surface area contributed by atoms with E-state index in [4.69, 9.17) is 12.2 Å². The normalized spacial score (nSPS) is 26.0. The Bertz CT molecular complexity index is 1430. The van der Waals surface area contributed by atoms with Gasteiger partial charge in [-0.05, 0) is 112 Å². The maximum Gasteiger partial charge on any atom is 0.196 e. The number of anilines is 1. The summed E-state index contributed by atoms with van der Waals surface area (Å²) in [5, 5.41) is 10.2. The van der Waals surface area contributed by atoms with E-state index < -0.39 is 20.8 Å². The van der Waals surface area contributed by atoms with Gasteiger partial charge in [0.2, 0.25) is 0 Å². The molecule has 0 aromatic heterocycles. The molecule has 2 bridgehead atoms. The summed E-state index contributed by atoms with van der Waals surface area (Å²) in [5.41, 5.74) is 3.43. The van der Waals surface area contributed by atoms with E-state index in [1.807, 2.05) is 12.1 Å². The number of hydrogen-bond donors (Lipinski definition) is 3. The summed E-state index contributed by atoms with van der Waals surface area (Å²) in [6.07, 6.45) is 15.3. The Labute approximate surface area is 291 Å². The molecule has 3 fully saturated rings. The highest BCUT2D eigenvalue weighted by molar-refractivity contribution is 7.92. The maximum atomic E-state index is 14.5. The molecule has 4 aliphatic rings. The molecule has 3 saturated heterocycles. The SMILES string of the molecule is CCCCC1(CCCC)NC(c2cccc(NC(=S)CCCCC[N+]34CCC(CC3)CC4)c2)c2cc(CC)ccc2S(=O)(=O)C1NC. The average Bonchev–Trinajstić information content (AvgIpc) is 3.16. The van der Waals surface area contributed by atoms with Crippen molar-refractivity contribution >= 4 is 32.7 Å². The molecule has 3 N–H and O–H groups in total. The number of nitrogens with one attached hydrogen (secondary N) is 3. The summed E-state index contributed by atoms with van der Waals surface area (Å²) >= 11 is 5.85. The summed E-state index contributed by atoms with van der Waals surface area (Å²) in [5.74, 6) is 1.02. The van der Waals surface area contributed by atoms with Crippen LogP contribution in [0, 0.1) is 5.92 Å². The fraction of sp³-hybridized carbons (Fsp3) is 0.667. The minimum atomic E-state index is -3.67. The molecule has 2 aromatic carbocycles. The van der Waals surface area contributed by atoms with Gasteiger partial charge in [0.25, 0.3) is 0 Å². The zero-order valence-electron chi connectivity index (χ0n) is 29.6. The van der Waals surface area contributed by atoms with E-state index in [1.54, 1.807) is 7.05 Å². The van der Waals surface area contributed by atoms with Crippen LogP contribution in [-0.2, 0) is 16.3 Å². The Morgan fingerprint density at radius 1 is 0.936 bits per heavy atom. The van der Waals surface area contributed by atoms with Gasteiger partial charge in [-0.15, -0.1) is 0 Å². The third-order valence-electron chi connectivity index (χ3n) is 11.6. The second-order valence-electron chi connectivity index (χ2n) is 14.8. The highest BCUT2D eigenvalue weighted by Gasteiger charge is 2.50. The lowest BCUT2D eigenvalue weighted by molar-refractivity contribution is -0.942. The van der Waals surface area contributed by atoms with Gasteiger partial charge in [-0.3, -0.25) is 5.32 Å². The number of sulfone groups is 1. The Hall–Kier alpha value is -1.84. The zero-order chi connectivity index (χ0) is 33.5. The number of piperidine rings is 3. The molecule has 0 saturated carbocycles. The van der Waals surface area contributed by atoms with E-state index in [-0.39, 0.29) is 6.04 Å². The lowest BCUT2D eigenvalue weighted by atomic mass is 9.83. The lowest BCUT2D eigenvalue weighted by Crippen LogP contribution is -2.61. The van der Waals surface area contributed by atoms with Crippen molar-refractivity contribution in [1.82, 2.24) is 10.6 Å². The van der Waals surface area contributed by atoms with Crippen molar-refractivity contribution in [3.05, 3.63) is 59.2 Å². The third-order valence-corrected chi connectivity index (χ3v) is 14.2. The van der Waals surface area contributed by atoms with Crippen LogP contribution in [0.3, 0.4) is 0 Å². The molecule has 2 atom stereocenters. The lowest BCUT2D eigenvalue weighted by Gasteiger charge is -2.49. The predicted octanol–water partition coefficient (Wildman–Crippen LogP) is 8.31. The first kappa shape index (κ1) is 36.4. The van der Waals surface area contributed by atoms with Gasteiger partial charge in [0.15, 0.2) is 9.84 Å². The molecule has 260 valence electrons. The topological polar surface area (TPSA) is 70.2 Å². The number of rotatable bonds is 16. The van der Waals surface area contributed by atoms with Gasteiger partial charge in [-0.25, -0.2) is 8.42 Å².